The van der Waals surface area contributed by atoms with Crippen LogP contribution < -0.4 is 5.32 Å². The Morgan fingerprint density at radius 1 is 1.50 bits per heavy atom. The molecule has 1 fully saturated rings. The Bertz CT molecular complexity index is 463. The lowest BCUT2D eigenvalue weighted by atomic mass is 10.0. The Labute approximate surface area is 94.7 Å². The molecule has 2 aromatic rings. The Kier molecular flexibility index (Phi) is 2.29. The molecule has 0 aliphatic carbocycles. The summed E-state index contributed by atoms with van der Waals surface area (Å²) in [6, 6.07) is 2.52. The summed E-state index contributed by atoms with van der Waals surface area (Å²) in [5.41, 5.74) is 3.64. The highest BCUT2D eigenvalue weighted by atomic mass is 15.3. The fourth-order valence-corrected chi connectivity index (χ4v) is 2.39. The Hall–Kier alpha value is -1.55. The van der Waals surface area contributed by atoms with Crippen molar-refractivity contribution in [2.24, 2.45) is 7.05 Å². The number of nitrogens with zero attached hydrogens (tertiary/aromatic N) is 2. The smallest absolute Gasteiger partial charge is 0.0872 e. The van der Waals surface area contributed by atoms with Gasteiger partial charge in [0.15, 0.2) is 0 Å². The van der Waals surface area contributed by atoms with E-state index < -0.39 is 0 Å². The summed E-state index contributed by atoms with van der Waals surface area (Å²) in [6.07, 6.45) is 8.50. The number of aromatic nitrogens is 3. The molecule has 1 saturated heterocycles. The van der Waals surface area contributed by atoms with Crippen molar-refractivity contribution in [1.29, 1.82) is 0 Å². The zero-order valence-electron chi connectivity index (χ0n) is 9.40. The van der Waals surface area contributed by atoms with Crippen LogP contribution in [-0.4, -0.2) is 21.3 Å². The summed E-state index contributed by atoms with van der Waals surface area (Å²) in [7, 11) is 1.98. The van der Waals surface area contributed by atoms with Crippen LogP contribution in [0.15, 0.2) is 24.7 Å². The van der Waals surface area contributed by atoms with Gasteiger partial charge >= 0.3 is 0 Å². The van der Waals surface area contributed by atoms with Crippen molar-refractivity contribution in [2.75, 3.05) is 6.54 Å². The monoisotopic (exact) mass is 216 g/mol. The quantitative estimate of drug-likeness (QED) is 0.804. The van der Waals surface area contributed by atoms with Crippen LogP contribution in [-0.2, 0) is 7.05 Å². The van der Waals surface area contributed by atoms with Crippen LogP contribution in [0.4, 0.5) is 0 Å². The summed E-state index contributed by atoms with van der Waals surface area (Å²) in [5.74, 6) is 0. The molecule has 4 heteroatoms. The minimum Gasteiger partial charge on any atom is -0.367 e. The molecule has 1 atom stereocenters. The summed E-state index contributed by atoms with van der Waals surface area (Å²) in [6.45, 7) is 1.10. The highest BCUT2D eigenvalue weighted by Gasteiger charge is 2.22. The van der Waals surface area contributed by atoms with Crippen molar-refractivity contribution in [3.05, 3.63) is 30.4 Å². The second-order valence-electron chi connectivity index (χ2n) is 4.35. The maximum atomic E-state index is 4.59. The minimum absolute atomic E-state index is 0.422. The first kappa shape index (κ1) is 9.66. The van der Waals surface area contributed by atoms with Gasteiger partial charge < -0.3 is 10.3 Å². The standard InChI is InChI=1S/C12H16N4/c1-16-8-10(9-4-6-13-7-9)12(15-16)11-3-2-5-14-11/h4,6-8,11,13-14H,2-3,5H2,1H3. The van der Waals surface area contributed by atoms with E-state index in [0.29, 0.717) is 6.04 Å². The van der Waals surface area contributed by atoms with Crippen molar-refractivity contribution in [3.8, 4) is 11.1 Å². The van der Waals surface area contributed by atoms with E-state index in [1.165, 1.54) is 29.7 Å². The second kappa shape index (κ2) is 3.79. The van der Waals surface area contributed by atoms with E-state index in [2.05, 4.69) is 27.7 Å². The molecule has 3 rings (SSSR count). The molecule has 84 valence electrons. The zero-order chi connectivity index (χ0) is 11.0. The highest BCUT2D eigenvalue weighted by Crippen LogP contribution is 2.30. The predicted octanol–water partition coefficient (Wildman–Crippen LogP) is 1.84. The summed E-state index contributed by atoms with van der Waals surface area (Å²) in [5, 5.41) is 8.09. The molecule has 3 heterocycles. The lowest BCUT2D eigenvalue weighted by Gasteiger charge is -2.08. The first-order valence-corrected chi connectivity index (χ1v) is 5.74. The molecule has 2 aromatic heterocycles. The van der Waals surface area contributed by atoms with Crippen LogP contribution in [0.25, 0.3) is 11.1 Å². The molecule has 2 N–H and O–H groups in total. The Morgan fingerprint density at radius 2 is 2.44 bits per heavy atom. The van der Waals surface area contributed by atoms with Gasteiger partial charge in [0.2, 0.25) is 0 Å². The van der Waals surface area contributed by atoms with Gasteiger partial charge in [0.25, 0.3) is 0 Å². The van der Waals surface area contributed by atoms with Gasteiger partial charge in [0, 0.05) is 36.8 Å². The maximum absolute atomic E-state index is 4.59. The van der Waals surface area contributed by atoms with Gasteiger partial charge in [0.1, 0.15) is 0 Å². The van der Waals surface area contributed by atoms with Crippen molar-refractivity contribution in [2.45, 2.75) is 18.9 Å². The molecule has 1 aliphatic heterocycles. The largest absolute Gasteiger partial charge is 0.367 e. The van der Waals surface area contributed by atoms with Crippen LogP contribution in [0.5, 0.6) is 0 Å². The molecular weight excluding hydrogens is 200 g/mol. The Morgan fingerprint density at radius 3 is 3.12 bits per heavy atom. The summed E-state index contributed by atoms with van der Waals surface area (Å²) < 4.78 is 1.90. The lowest BCUT2D eigenvalue weighted by Crippen LogP contribution is -2.14. The van der Waals surface area contributed by atoms with E-state index in [1.54, 1.807) is 0 Å². The molecule has 4 nitrogen and oxygen atoms in total. The average molecular weight is 216 g/mol. The van der Waals surface area contributed by atoms with Gasteiger partial charge in [-0.2, -0.15) is 5.10 Å². The molecule has 0 bridgehead atoms. The van der Waals surface area contributed by atoms with Crippen LogP contribution in [0, 0.1) is 0 Å². The number of aromatic amines is 1. The van der Waals surface area contributed by atoms with Crippen molar-refractivity contribution >= 4 is 0 Å². The van der Waals surface area contributed by atoms with Crippen molar-refractivity contribution < 1.29 is 0 Å². The first-order valence-electron chi connectivity index (χ1n) is 5.74. The normalized spacial score (nSPS) is 20.4. The number of aryl methyl sites for hydroxylation is 1. The molecule has 1 unspecified atom stereocenters. The van der Waals surface area contributed by atoms with Crippen LogP contribution in [0.2, 0.25) is 0 Å². The summed E-state index contributed by atoms with van der Waals surface area (Å²) in [4.78, 5) is 3.10. The molecule has 0 amide bonds. The third-order valence-electron chi connectivity index (χ3n) is 3.16. The van der Waals surface area contributed by atoms with Gasteiger partial charge in [-0.05, 0) is 25.5 Å². The van der Waals surface area contributed by atoms with Gasteiger partial charge in [-0.3, -0.25) is 4.68 Å². The van der Waals surface area contributed by atoms with Gasteiger partial charge in [0.05, 0.1) is 11.7 Å². The number of rotatable bonds is 2. The van der Waals surface area contributed by atoms with Crippen molar-refractivity contribution in [1.82, 2.24) is 20.1 Å². The van der Waals surface area contributed by atoms with Crippen LogP contribution in [0.3, 0.4) is 0 Å². The Balaban J connectivity index is 2.03. The molecule has 0 saturated carbocycles. The topological polar surface area (TPSA) is 45.6 Å². The van der Waals surface area contributed by atoms with Gasteiger partial charge in [-0.25, -0.2) is 0 Å². The predicted molar refractivity (Wildman–Crippen MR) is 63.0 cm³/mol. The van der Waals surface area contributed by atoms with E-state index in [0.717, 1.165) is 6.54 Å². The van der Waals surface area contributed by atoms with E-state index in [9.17, 15) is 0 Å². The molecule has 0 aromatic carbocycles. The minimum atomic E-state index is 0.422. The molecular formula is C12H16N4. The van der Waals surface area contributed by atoms with E-state index in [1.807, 2.05) is 24.1 Å². The maximum Gasteiger partial charge on any atom is 0.0872 e. The first-order chi connectivity index (χ1) is 7.84. The van der Waals surface area contributed by atoms with Gasteiger partial charge in [-0.1, -0.05) is 0 Å². The zero-order valence-corrected chi connectivity index (χ0v) is 9.40. The summed E-state index contributed by atoms with van der Waals surface area (Å²) >= 11 is 0. The van der Waals surface area contributed by atoms with E-state index >= 15 is 0 Å². The average Bonchev–Trinajstić information content (AvgIpc) is 2.98. The van der Waals surface area contributed by atoms with Crippen LogP contribution in [0.1, 0.15) is 24.6 Å². The third-order valence-corrected chi connectivity index (χ3v) is 3.16. The fourth-order valence-electron chi connectivity index (χ4n) is 2.39. The SMILES string of the molecule is Cn1cc(-c2cc[nH]c2)c(C2CCCN2)n1. The van der Waals surface area contributed by atoms with Gasteiger partial charge in [-0.15, -0.1) is 0 Å². The van der Waals surface area contributed by atoms with E-state index in [4.69, 9.17) is 0 Å². The molecule has 0 spiro atoms. The number of hydrogen-bond acceptors (Lipinski definition) is 2. The molecule has 0 radical (unpaired) electrons. The van der Waals surface area contributed by atoms with Crippen LogP contribution >= 0.6 is 0 Å². The number of H-pyrrole nitrogens is 1. The second-order valence-corrected chi connectivity index (χ2v) is 4.35. The fraction of sp³-hybridized carbons (Fsp3) is 0.417. The highest BCUT2D eigenvalue weighted by molar-refractivity contribution is 5.65. The molecule has 16 heavy (non-hydrogen) atoms. The molecule has 1 aliphatic rings. The van der Waals surface area contributed by atoms with E-state index in [-0.39, 0.29) is 0 Å². The third kappa shape index (κ3) is 1.55. The van der Waals surface area contributed by atoms with Crippen molar-refractivity contribution in [3.63, 3.8) is 0 Å². The lowest BCUT2D eigenvalue weighted by molar-refractivity contribution is 0.607. The number of nitrogens with one attached hydrogen (secondary N) is 2. The number of hydrogen-bond donors (Lipinski definition) is 2.